The van der Waals surface area contributed by atoms with Crippen molar-refractivity contribution in [2.24, 2.45) is 22.7 Å². The van der Waals surface area contributed by atoms with Gasteiger partial charge in [-0.25, -0.2) is 0 Å². The van der Waals surface area contributed by atoms with Gasteiger partial charge in [-0.2, -0.15) is 5.10 Å². The number of thiocarbonyl (C=S) groups is 1. The van der Waals surface area contributed by atoms with Gasteiger partial charge in [0.25, 0.3) is 0 Å². The van der Waals surface area contributed by atoms with Crippen molar-refractivity contribution in [1.29, 1.82) is 0 Å². The Morgan fingerprint density at radius 2 is 2.15 bits per heavy atom. The lowest BCUT2D eigenvalue weighted by Crippen LogP contribution is -2.32. The van der Waals surface area contributed by atoms with Crippen molar-refractivity contribution < 1.29 is 9.59 Å². The molecule has 3 N–H and O–H groups in total. The summed E-state index contributed by atoms with van der Waals surface area (Å²) in [5.74, 6) is -0.464. The van der Waals surface area contributed by atoms with Crippen LogP contribution in [0.4, 0.5) is 0 Å². The molecule has 1 heterocycles. The van der Waals surface area contributed by atoms with E-state index in [-0.39, 0.29) is 28.8 Å². The number of hydrogen-bond donors (Lipinski definition) is 2. The summed E-state index contributed by atoms with van der Waals surface area (Å²) in [6.07, 6.45) is 3.73. The lowest BCUT2D eigenvalue weighted by Gasteiger charge is -2.22. The number of hydrazone groups is 1. The largest absolute Gasteiger partial charge is 0.375 e. The highest BCUT2D eigenvalue weighted by Crippen LogP contribution is 2.37. The SMILES string of the molecule is CCCCN1C(=O)C2CC/C(=N/NC(N)=S)CC2C1=O. The first-order valence-electron chi connectivity index (χ1n) is 7.00. The summed E-state index contributed by atoms with van der Waals surface area (Å²) in [5.41, 5.74) is 8.74. The molecule has 1 saturated heterocycles. The molecule has 2 atom stereocenters. The Hall–Kier alpha value is -1.50. The first-order valence-corrected chi connectivity index (χ1v) is 7.41. The van der Waals surface area contributed by atoms with Gasteiger partial charge in [-0.05, 0) is 37.9 Å². The maximum absolute atomic E-state index is 12.3. The fourth-order valence-electron chi connectivity index (χ4n) is 2.86. The van der Waals surface area contributed by atoms with Crippen molar-refractivity contribution in [2.75, 3.05) is 6.54 Å². The molecule has 0 bridgehead atoms. The van der Waals surface area contributed by atoms with Gasteiger partial charge < -0.3 is 5.73 Å². The van der Waals surface area contributed by atoms with Gasteiger partial charge in [-0.15, -0.1) is 0 Å². The Bertz CT molecular complexity index is 463. The monoisotopic (exact) mass is 296 g/mol. The van der Waals surface area contributed by atoms with Crippen LogP contribution in [-0.2, 0) is 9.59 Å². The van der Waals surface area contributed by atoms with Gasteiger partial charge in [-0.3, -0.25) is 19.9 Å². The van der Waals surface area contributed by atoms with Crippen LogP contribution in [0.3, 0.4) is 0 Å². The molecule has 1 saturated carbocycles. The van der Waals surface area contributed by atoms with Crippen molar-refractivity contribution >= 4 is 34.9 Å². The number of amides is 2. The molecule has 0 aromatic heterocycles. The lowest BCUT2D eigenvalue weighted by atomic mass is 9.80. The molecule has 6 nitrogen and oxygen atoms in total. The van der Waals surface area contributed by atoms with Gasteiger partial charge in [0.2, 0.25) is 11.8 Å². The molecule has 0 aromatic carbocycles. The second kappa shape index (κ2) is 6.30. The molecule has 2 unspecified atom stereocenters. The van der Waals surface area contributed by atoms with E-state index in [0.29, 0.717) is 25.8 Å². The van der Waals surface area contributed by atoms with E-state index in [9.17, 15) is 9.59 Å². The molecule has 20 heavy (non-hydrogen) atoms. The predicted molar refractivity (Wildman–Crippen MR) is 79.8 cm³/mol. The number of carbonyl (C=O) groups excluding carboxylic acids is 2. The van der Waals surface area contributed by atoms with Crippen LogP contribution >= 0.6 is 12.2 Å². The molecule has 0 radical (unpaired) electrons. The van der Waals surface area contributed by atoms with Crippen molar-refractivity contribution in [2.45, 2.75) is 39.0 Å². The highest BCUT2D eigenvalue weighted by atomic mass is 32.1. The van der Waals surface area contributed by atoms with Crippen LogP contribution in [0.25, 0.3) is 0 Å². The summed E-state index contributed by atoms with van der Waals surface area (Å²) in [7, 11) is 0. The fraction of sp³-hybridized carbons (Fsp3) is 0.692. The number of imide groups is 1. The standard InChI is InChI=1S/C13H20N4O2S/c1-2-3-6-17-11(18)9-5-4-8(15-16-13(14)20)7-10(9)12(17)19/h9-10H,2-7H2,1H3,(H3,14,16,20)/b15-8-. The number of unbranched alkanes of at least 4 members (excludes halogenated alkanes) is 1. The third-order valence-electron chi connectivity index (χ3n) is 3.91. The minimum absolute atomic E-state index is 0.00481. The highest BCUT2D eigenvalue weighted by molar-refractivity contribution is 7.80. The van der Waals surface area contributed by atoms with E-state index in [1.807, 2.05) is 6.92 Å². The number of fused-ring (bicyclic) bond motifs is 1. The second-order valence-corrected chi connectivity index (χ2v) is 5.73. The maximum atomic E-state index is 12.3. The van der Waals surface area contributed by atoms with Gasteiger partial charge >= 0.3 is 0 Å². The van der Waals surface area contributed by atoms with Crippen molar-refractivity contribution in [1.82, 2.24) is 10.3 Å². The van der Waals surface area contributed by atoms with E-state index in [4.69, 9.17) is 18.0 Å². The first-order chi connectivity index (χ1) is 9.54. The number of rotatable bonds is 4. The summed E-state index contributed by atoms with van der Waals surface area (Å²) < 4.78 is 0. The minimum Gasteiger partial charge on any atom is -0.375 e. The van der Waals surface area contributed by atoms with Gasteiger partial charge in [0.05, 0.1) is 11.8 Å². The molecule has 2 amide bonds. The van der Waals surface area contributed by atoms with Gasteiger partial charge in [0, 0.05) is 12.3 Å². The van der Waals surface area contributed by atoms with Crippen LogP contribution in [0.2, 0.25) is 0 Å². The van der Waals surface area contributed by atoms with Gasteiger partial charge in [-0.1, -0.05) is 13.3 Å². The number of nitrogens with zero attached hydrogens (tertiary/aromatic N) is 2. The fourth-order valence-corrected chi connectivity index (χ4v) is 2.90. The normalized spacial score (nSPS) is 27.9. The van der Waals surface area contributed by atoms with E-state index in [1.165, 1.54) is 4.90 Å². The molecule has 2 rings (SSSR count). The zero-order valence-corrected chi connectivity index (χ0v) is 12.4. The topological polar surface area (TPSA) is 87.8 Å². The summed E-state index contributed by atoms with van der Waals surface area (Å²) in [6, 6.07) is 0. The Balaban J connectivity index is 2.05. The molecule has 110 valence electrons. The Morgan fingerprint density at radius 1 is 1.45 bits per heavy atom. The van der Waals surface area contributed by atoms with E-state index in [2.05, 4.69) is 10.5 Å². The van der Waals surface area contributed by atoms with Crippen molar-refractivity contribution in [3.05, 3.63) is 0 Å². The molecular weight excluding hydrogens is 276 g/mol. The number of nitrogens with one attached hydrogen (secondary N) is 1. The van der Waals surface area contributed by atoms with Crippen LogP contribution in [-0.4, -0.2) is 34.1 Å². The Kier molecular flexibility index (Phi) is 4.69. The van der Waals surface area contributed by atoms with Crippen molar-refractivity contribution in [3.8, 4) is 0 Å². The first kappa shape index (κ1) is 14.9. The Morgan fingerprint density at radius 3 is 2.80 bits per heavy atom. The number of nitrogens with two attached hydrogens (primary N) is 1. The zero-order valence-electron chi connectivity index (χ0n) is 11.6. The lowest BCUT2D eigenvalue weighted by molar-refractivity contribution is -0.139. The molecule has 2 aliphatic rings. The van der Waals surface area contributed by atoms with Crippen LogP contribution < -0.4 is 11.2 Å². The van der Waals surface area contributed by atoms with Gasteiger partial charge in [0.15, 0.2) is 5.11 Å². The van der Waals surface area contributed by atoms with E-state index >= 15 is 0 Å². The molecule has 7 heteroatoms. The second-order valence-electron chi connectivity index (χ2n) is 5.29. The molecule has 0 aromatic rings. The quantitative estimate of drug-likeness (QED) is 0.454. The van der Waals surface area contributed by atoms with Crippen LogP contribution in [0.5, 0.6) is 0 Å². The van der Waals surface area contributed by atoms with E-state index < -0.39 is 0 Å². The maximum Gasteiger partial charge on any atom is 0.233 e. The third-order valence-corrected chi connectivity index (χ3v) is 4.00. The number of carbonyl (C=O) groups is 2. The number of hydrogen-bond acceptors (Lipinski definition) is 4. The van der Waals surface area contributed by atoms with Crippen LogP contribution in [0.15, 0.2) is 5.10 Å². The Labute approximate surface area is 123 Å². The summed E-state index contributed by atoms with van der Waals surface area (Å²) in [6.45, 7) is 2.59. The molecule has 1 aliphatic heterocycles. The molecular formula is C13H20N4O2S. The average Bonchev–Trinajstić information content (AvgIpc) is 2.66. The molecule has 2 fully saturated rings. The van der Waals surface area contributed by atoms with E-state index in [1.54, 1.807) is 0 Å². The summed E-state index contributed by atoms with van der Waals surface area (Å²) >= 11 is 4.70. The molecule has 1 aliphatic carbocycles. The smallest absolute Gasteiger partial charge is 0.233 e. The summed E-state index contributed by atoms with van der Waals surface area (Å²) in [5, 5.41) is 4.22. The zero-order chi connectivity index (χ0) is 14.7. The van der Waals surface area contributed by atoms with Crippen LogP contribution in [0, 0.1) is 11.8 Å². The average molecular weight is 296 g/mol. The van der Waals surface area contributed by atoms with Crippen LogP contribution in [0.1, 0.15) is 39.0 Å². The minimum atomic E-state index is -0.250. The summed E-state index contributed by atoms with van der Waals surface area (Å²) in [4.78, 5) is 26.0. The molecule has 0 spiro atoms. The van der Waals surface area contributed by atoms with E-state index in [0.717, 1.165) is 18.6 Å². The number of likely N-dealkylation sites (tertiary alicyclic amines) is 1. The predicted octanol–water partition coefficient (Wildman–Crippen LogP) is 0.761. The van der Waals surface area contributed by atoms with Crippen molar-refractivity contribution in [3.63, 3.8) is 0 Å². The highest BCUT2D eigenvalue weighted by Gasteiger charge is 2.49. The van der Waals surface area contributed by atoms with Gasteiger partial charge in [0.1, 0.15) is 0 Å². The third kappa shape index (κ3) is 2.98.